The second kappa shape index (κ2) is 5.64. The molecule has 1 aliphatic heterocycles. The minimum absolute atomic E-state index is 0.157. The maximum Gasteiger partial charge on any atom is 0.170 e. The van der Waals surface area contributed by atoms with Crippen LogP contribution in [-0.2, 0) is 0 Å². The molecule has 1 aliphatic rings. The summed E-state index contributed by atoms with van der Waals surface area (Å²) in [7, 11) is 0. The van der Waals surface area contributed by atoms with E-state index in [1.807, 2.05) is 24.3 Å². The van der Waals surface area contributed by atoms with E-state index in [-0.39, 0.29) is 5.84 Å². The summed E-state index contributed by atoms with van der Waals surface area (Å²) in [5, 5.41) is 14.3. The zero-order chi connectivity index (χ0) is 14.8. The first-order valence-corrected chi connectivity index (χ1v) is 7.45. The van der Waals surface area contributed by atoms with E-state index in [1.165, 1.54) is 18.5 Å². The number of nitrogens with two attached hydrogens (primary N) is 1. The predicted molar refractivity (Wildman–Crippen MR) is 87.1 cm³/mol. The number of oxime groups is 1. The highest BCUT2D eigenvalue weighted by Crippen LogP contribution is 2.32. The van der Waals surface area contributed by atoms with Gasteiger partial charge < -0.3 is 15.8 Å². The lowest BCUT2D eigenvalue weighted by Gasteiger charge is -2.33. The third-order valence-corrected chi connectivity index (χ3v) is 4.41. The van der Waals surface area contributed by atoms with Gasteiger partial charge >= 0.3 is 0 Å². The lowest BCUT2D eigenvalue weighted by molar-refractivity contribution is 0.318. The molecule has 0 aliphatic carbocycles. The van der Waals surface area contributed by atoms with Crippen molar-refractivity contribution in [2.24, 2.45) is 16.8 Å². The third kappa shape index (κ3) is 2.53. The Morgan fingerprint density at radius 2 is 1.81 bits per heavy atom. The van der Waals surface area contributed by atoms with E-state index in [1.54, 1.807) is 0 Å². The summed E-state index contributed by atoms with van der Waals surface area (Å²) in [4.78, 5) is 2.44. The number of hydrogen-bond donors (Lipinski definition) is 2. The van der Waals surface area contributed by atoms with Crippen LogP contribution in [0.1, 0.15) is 25.3 Å². The van der Waals surface area contributed by atoms with Crippen LogP contribution in [-0.4, -0.2) is 24.1 Å². The molecule has 0 amide bonds. The van der Waals surface area contributed by atoms with Crippen molar-refractivity contribution in [1.29, 1.82) is 0 Å². The number of rotatable bonds is 2. The zero-order valence-electron chi connectivity index (χ0n) is 12.3. The Bertz CT molecular complexity index is 673. The van der Waals surface area contributed by atoms with Crippen LogP contribution in [0, 0.1) is 5.92 Å². The predicted octanol–water partition coefficient (Wildman–Crippen LogP) is 3.17. The lowest BCUT2D eigenvalue weighted by atomic mass is 9.96. The quantitative estimate of drug-likeness (QED) is 0.385. The standard InChI is InChI=1S/C17H21N3O/c1-12-8-10-20(11-9-12)16-7-6-15(17(18)19-21)13-4-2-3-5-14(13)16/h2-7,12,21H,8-11H2,1H3,(H2,18,19). The van der Waals surface area contributed by atoms with Crippen LogP contribution in [0.15, 0.2) is 41.6 Å². The maximum absolute atomic E-state index is 8.95. The summed E-state index contributed by atoms with van der Waals surface area (Å²) in [6.45, 7) is 4.50. The van der Waals surface area contributed by atoms with Gasteiger partial charge in [-0.25, -0.2) is 0 Å². The van der Waals surface area contributed by atoms with Crippen molar-refractivity contribution >= 4 is 22.3 Å². The average Bonchev–Trinajstić information content (AvgIpc) is 2.54. The summed E-state index contributed by atoms with van der Waals surface area (Å²) in [5.74, 6) is 0.967. The van der Waals surface area contributed by atoms with Crippen molar-refractivity contribution in [2.75, 3.05) is 18.0 Å². The van der Waals surface area contributed by atoms with E-state index < -0.39 is 0 Å². The highest BCUT2D eigenvalue weighted by Gasteiger charge is 2.18. The molecule has 0 radical (unpaired) electrons. The molecule has 2 aromatic carbocycles. The fourth-order valence-corrected chi connectivity index (χ4v) is 3.09. The van der Waals surface area contributed by atoms with Crippen molar-refractivity contribution < 1.29 is 5.21 Å². The zero-order valence-corrected chi connectivity index (χ0v) is 12.3. The number of anilines is 1. The summed E-state index contributed by atoms with van der Waals surface area (Å²) in [6, 6.07) is 12.2. The monoisotopic (exact) mass is 283 g/mol. The second-order valence-electron chi connectivity index (χ2n) is 5.83. The van der Waals surface area contributed by atoms with Crippen LogP contribution in [0.2, 0.25) is 0 Å². The molecule has 1 fully saturated rings. The SMILES string of the molecule is CC1CCN(c2ccc(/C(N)=N/O)c3ccccc23)CC1. The molecule has 4 heteroatoms. The van der Waals surface area contributed by atoms with E-state index >= 15 is 0 Å². The van der Waals surface area contributed by atoms with Crippen LogP contribution in [0.3, 0.4) is 0 Å². The van der Waals surface area contributed by atoms with Gasteiger partial charge in [0.1, 0.15) is 0 Å². The van der Waals surface area contributed by atoms with Gasteiger partial charge in [0.15, 0.2) is 5.84 Å². The van der Waals surface area contributed by atoms with Crippen LogP contribution in [0.5, 0.6) is 0 Å². The van der Waals surface area contributed by atoms with Crippen molar-refractivity contribution in [1.82, 2.24) is 0 Å². The molecule has 1 saturated heterocycles. The van der Waals surface area contributed by atoms with Gasteiger partial charge in [-0.2, -0.15) is 0 Å². The Morgan fingerprint density at radius 1 is 1.14 bits per heavy atom. The molecule has 3 N–H and O–H groups in total. The normalized spacial score (nSPS) is 17.4. The van der Waals surface area contributed by atoms with E-state index in [0.29, 0.717) is 0 Å². The van der Waals surface area contributed by atoms with Gasteiger partial charge in [0, 0.05) is 29.7 Å². The van der Waals surface area contributed by atoms with Gasteiger partial charge in [-0.1, -0.05) is 36.3 Å². The summed E-state index contributed by atoms with van der Waals surface area (Å²) < 4.78 is 0. The van der Waals surface area contributed by atoms with Gasteiger partial charge in [0.25, 0.3) is 0 Å². The molecule has 3 rings (SSSR count). The molecule has 1 heterocycles. The van der Waals surface area contributed by atoms with Gasteiger partial charge in [-0.3, -0.25) is 0 Å². The Labute approximate surface area is 124 Å². The van der Waals surface area contributed by atoms with E-state index in [4.69, 9.17) is 10.9 Å². The molecule has 0 saturated carbocycles. The Hall–Kier alpha value is -2.23. The summed E-state index contributed by atoms with van der Waals surface area (Å²) >= 11 is 0. The molecule has 0 spiro atoms. The van der Waals surface area contributed by atoms with Crippen molar-refractivity contribution in [3.05, 3.63) is 42.0 Å². The van der Waals surface area contributed by atoms with Gasteiger partial charge in [0.2, 0.25) is 0 Å². The van der Waals surface area contributed by atoms with E-state index in [0.717, 1.165) is 35.3 Å². The average molecular weight is 283 g/mol. The Kier molecular flexibility index (Phi) is 3.69. The molecule has 110 valence electrons. The summed E-state index contributed by atoms with van der Waals surface area (Å²) in [6.07, 6.45) is 2.46. The highest BCUT2D eigenvalue weighted by molar-refractivity contribution is 6.11. The molecule has 4 nitrogen and oxygen atoms in total. The number of nitrogens with zero attached hydrogens (tertiary/aromatic N) is 2. The first-order valence-electron chi connectivity index (χ1n) is 7.45. The number of benzene rings is 2. The van der Waals surface area contributed by atoms with Crippen LogP contribution in [0.4, 0.5) is 5.69 Å². The first-order chi connectivity index (χ1) is 10.2. The number of fused-ring (bicyclic) bond motifs is 1. The number of amidine groups is 1. The van der Waals surface area contributed by atoms with Crippen LogP contribution in [0.25, 0.3) is 10.8 Å². The first kappa shape index (κ1) is 13.7. The van der Waals surface area contributed by atoms with Crippen LogP contribution < -0.4 is 10.6 Å². The van der Waals surface area contributed by atoms with Gasteiger partial charge in [-0.15, -0.1) is 0 Å². The fraction of sp³-hybridized carbons (Fsp3) is 0.353. The molecule has 21 heavy (non-hydrogen) atoms. The number of piperidine rings is 1. The molecule has 0 bridgehead atoms. The molecule has 2 aromatic rings. The number of hydrogen-bond acceptors (Lipinski definition) is 3. The summed E-state index contributed by atoms with van der Waals surface area (Å²) in [5.41, 5.74) is 7.82. The minimum Gasteiger partial charge on any atom is -0.409 e. The van der Waals surface area contributed by atoms with E-state index in [9.17, 15) is 0 Å². The van der Waals surface area contributed by atoms with Crippen LogP contribution >= 0.6 is 0 Å². The largest absolute Gasteiger partial charge is 0.409 e. The lowest BCUT2D eigenvalue weighted by Crippen LogP contribution is -2.33. The van der Waals surface area contributed by atoms with E-state index in [2.05, 4.69) is 29.1 Å². The Morgan fingerprint density at radius 3 is 2.48 bits per heavy atom. The maximum atomic E-state index is 8.95. The van der Waals surface area contributed by atoms with Gasteiger partial charge in [0.05, 0.1) is 0 Å². The molecule has 0 atom stereocenters. The topological polar surface area (TPSA) is 61.8 Å². The second-order valence-corrected chi connectivity index (χ2v) is 5.83. The minimum atomic E-state index is 0.157. The highest BCUT2D eigenvalue weighted by atomic mass is 16.4. The Balaban J connectivity index is 2.09. The molecular formula is C17H21N3O. The van der Waals surface area contributed by atoms with Crippen molar-refractivity contribution in [3.8, 4) is 0 Å². The third-order valence-electron chi connectivity index (χ3n) is 4.41. The smallest absolute Gasteiger partial charge is 0.170 e. The van der Waals surface area contributed by atoms with Gasteiger partial charge in [-0.05, 0) is 36.3 Å². The van der Waals surface area contributed by atoms with Crippen molar-refractivity contribution in [3.63, 3.8) is 0 Å². The fourth-order valence-electron chi connectivity index (χ4n) is 3.09. The van der Waals surface area contributed by atoms with Crippen molar-refractivity contribution in [2.45, 2.75) is 19.8 Å². The molecule has 0 unspecified atom stereocenters. The molecular weight excluding hydrogens is 262 g/mol. The molecule has 0 aromatic heterocycles.